The van der Waals surface area contributed by atoms with Gasteiger partial charge in [-0.3, -0.25) is 24.7 Å². The minimum atomic E-state index is -1.21. The van der Waals surface area contributed by atoms with Crippen LogP contribution in [0.4, 0.5) is 0 Å². The van der Waals surface area contributed by atoms with Crippen LogP contribution < -0.4 is 0 Å². The summed E-state index contributed by atoms with van der Waals surface area (Å²) in [5.74, 6) is -0.132. The van der Waals surface area contributed by atoms with Crippen molar-refractivity contribution in [2.75, 3.05) is 54.4 Å². The fraction of sp³-hybridized carbons (Fsp3) is 0.346. The van der Waals surface area contributed by atoms with Crippen LogP contribution >= 0.6 is 27.5 Å². The van der Waals surface area contributed by atoms with E-state index in [0.717, 1.165) is 126 Å². The Morgan fingerprint density at radius 3 is 1.42 bits per heavy atom. The summed E-state index contributed by atoms with van der Waals surface area (Å²) in [4.78, 5) is 37.7. The molecule has 16 rings (SSSR count). The average molecular weight is 1440 g/mol. The van der Waals surface area contributed by atoms with Crippen molar-refractivity contribution in [2.24, 2.45) is 0 Å². The first-order valence-corrected chi connectivity index (χ1v) is 36.0. The number of hydrogen-bond donors (Lipinski definition) is 5. The van der Waals surface area contributed by atoms with Crippen LogP contribution in [0.3, 0.4) is 0 Å². The number of aromatic nitrogens is 8. The van der Waals surface area contributed by atoms with Crippen LogP contribution in [0.1, 0.15) is 121 Å². The molecule has 0 radical (unpaired) electrons. The number of nitrogens with zero attached hydrogens (tertiary/aromatic N) is 12. The van der Waals surface area contributed by atoms with Gasteiger partial charge in [-0.1, -0.05) is 71.8 Å². The lowest BCUT2D eigenvalue weighted by molar-refractivity contribution is 0.0369. The van der Waals surface area contributed by atoms with Crippen molar-refractivity contribution in [3.63, 3.8) is 0 Å². The van der Waals surface area contributed by atoms with E-state index in [1.54, 1.807) is 62.4 Å². The lowest BCUT2D eigenvalue weighted by Gasteiger charge is -2.29. The molecule has 4 aromatic carbocycles. The molecule has 0 aliphatic carbocycles. The van der Waals surface area contributed by atoms with Gasteiger partial charge in [-0.25, -0.2) is 0 Å². The molecule has 4 atom stereocenters. The second kappa shape index (κ2) is 30.7. The van der Waals surface area contributed by atoms with Crippen molar-refractivity contribution < 1.29 is 30.3 Å². The maximum Gasteiger partial charge on any atom is 0.178 e. The summed E-state index contributed by atoms with van der Waals surface area (Å²) in [5.41, 5.74) is 19.5. The number of para-hydroxylation sites is 3. The molecule has 0 fully saturated rings. The van der Waals surface area contributed by atoms with Gasteiger partial charge in [0.1, 0.15) is 11.3 Å². The molecule has 20 heteroatoms. The standard InChI is InChI=1S/C23H27N3O2.C20H23N3O2.C19H20BrN3O.C19H20ClN3O/c1-15-7-8-20-17(12-15)18-13-25(4)11-9-21(18)26(20)14-23(3,28)19-6-5-10-24-22(19)16(2)27;1-22-10-7-18-17(11-22)16-4-2-3-15(13-24)20(16)23(18)12-19(25)14-5-8-21-9-6-14;2*1-22-10-7-17-15(11-22)14-3-2-4-16(20)19(14)23(17)12-18(24)13-5-8-21-9-6-13/h5-8,10,12,28H,9,11,13-14H2,1-4H3;2-6,8-9,19,24-25H,7,10-13H2,1H3;2*2-6,8-9,18,24H,7,10-12H2,1H3. The number of aliphatic hydroxyl groups is 5. The summed E-state index contributed by atoms with van der Waals surface area (Å²) >= 11 is 10.2. The number of aliphatic hydroxyl groups excluding tert-OH is 4. The SMILES string of the molecule is CC(=O)c1ncccc1C(C)(O)Cn1c2c(c3cc(C)ccc31)CN(C)CC2.CN1CCc2c(c3cccc(Br)c3n2CC(O)c2ccncc2)C1.CN1CCc2c(c3cccc(CO)c3n2CC(O)c2ccncc2)C1.CN1CCc2c(c3cccc(Cl)c3n2CC(O)c2ccncc2)C1. The number of carbonyl (C=O) groups excluding carboxylic acids is 1. The third-order valence-corrected chi connectivity index (χ3v) is 21.6. The summed E-state index contributed by atoms with van der Waals surface area (Å²) in [6, 6.07) is 39.8. The first-order chi connectivity index (χ1) is 48.8. The highest BCUT2D eigenvalue weighted by atomic mass is 79.9. The Hall–Kier alpha value is -8.28. The zero-order valence-corrected chi connectivity index (χ0v) is 61.0. The molecule has 4 aliphatic heterocycles. The van der Waals surface area contributed by atoms with Crippen molar-refractivity contribution in [1.82, 2.24) is 57.8 Å². The molecule has 12 heterocycles. The maximum absolute atomic E-state index is 12.0. The molecule has 4 aliphatic rings. The van der Waals surface area contributed by atoms with Crippen molar-refractivity contribution in [3.05, 3.63) is 258 Å². The van der Waals surface area contributed by atoms with Crippen LogP contribution in [-0.2, 0) is 90.2 Å². The van der Waals surface area contributed by atoms with Crippen LogP contribution in [-0.4, -0.2) is 143 Å². The van der Waals surface area contributed by atoms with Crippen molar-refractivity contribution in [3.8, 4) is 0 Å². The van der Waals surface area contributed by atoms with E-state index < -0.39 is 23.9 Å². The molecule has 0 saturated carbocycles. The molecule has 8 aromatic heterocycles. The number of fused-ring (bicyclic) bond motifs is 12. The smallest absolute Gasteiger partial charge is 0.178 e. The molecule has 0 amide bonds. The second-order valence-electron chi connectivity index (χ2n) is 28.0. The van der Waals surface area contributed by atoms with E-state index in [-0.39, 0.29) is 12.4 Å². The van der Waals surface area contributed by atoms with Crippen LogP contribution in [0.25, 0.3) is 43.6 Å². The molecule has 101 heavy (non-hydrogen) atoms. The number of aryl methyl sites for hydroxylation is 1. The number of rotatable bonds is 14. The molecule has 0 bridgehead atoms. The zero-order valence-electron chi connectivity index (χ0n) is 58.6. The lowest BCUT2D eigenvalue weighted by Crippen LogP contribution is -2.33. The van der Waals surface area contributed by atoms with Gasteiger partial charge in [0, 0.05) is 194 Å². The van der Waals surface area contributed by atoms with Crippen LogP contribution in [0.2, 0.25) is 5.02 Å². The Bertz CT molecular complexity index is 4790. The largest absolute Gasteiger partial charge is 0.392 e. The van der Waals surface area contributed by atoms with Crippen LogP contribution in [0, 0.1) is 6.92 Å². The number of hydrogen-bond acceptors (Lipinski definition) is 14. The van der Waals surface area contributed by atoms with Gasteiger partial charge in [0.15, 0.2) is 5.78 Å². The topological polar surface area (TPSA) is 202 Å². The molecule has 12 aromatic rings. The number of benzene rings is 4. The molecule has 4 unspecified atom stereocenters. The monoisotopic (exact) mass is 1440 g/mol. The number of ketones is 1. The number of likely N-dealkylation sites (N-methyl/N-ethyl adjacent to an activating group) is 4. The Morgan fingerprint density at radius 1 is 0.525 bits per heavy atom. The lowest BCUT2D eigenvalue weighted by atomic mass is 9.92. The summed E-state index contributed by atoms with van der Waals surface area (Å²) in [6.45, 7) is 15.1. The number of pyridine rings is 4. The van der Waals surface area contributed by atoms with Crippen LogP contribution in [0.15, 0.2) is 169 Å². The summed E-state index contributed by atoms with van der Waals surface area (Å²) in [7, 11) is 8.58. The Balaban J connectivity index is 0.000000121. The molecular weight excluding hydrogens is 1350 g/mol. The zero-order chi connectivity index (χ0) is 70.8. The molecular formula is C81H90BrClN12O6. The molecule has 5 N–H and O–H groups in total. The molecule has 0 spiro atoms. The third kappa shape index (κ3) is 14.9. The van der Waals surface area contributed by atoms with E-state index in [0.29, 0.717) is 37.4 Å². The predicted octanol–water partition coefficient (Wildman–Crippen LogP) is 12.6. The second-order valence-corrected chi connectivity index (χ2v) is 29.2. The van der Waals surface area contributed by atoms with Gasteiger partial charge in [-0.05, 0) is 164 Å². The van der Waals surface area contributed by atoms with Gasteiger partial charge < -0.3 is 63.4 Å². The number of carbonyl (C=O) groups is 1. The number of halogens is 2. The van der Waals surface area contributed by atoms with E-state index in [4.69, 9.17) is 11.6 Å². The number of Topliss-reactive ketones (excluding diaryl/α,β-unsaturated/α-hetero) is 1. The fourth-order valence-electron chi connectivity index (χ4n) is 15.6. The molecule has 18 nitrogen and oxygen atoms in total. The Kier molecular flexibility index (Phi) is 21.6. The van der Waals surface area contributed by atoms with E-state index in [1.807, 2.05) is 60.7 Å². The highest BCUT2D eigenvalue weighted by Gasteiger charge is 2.34. The van der Waals surface area contributed by atoms with Crippen molar-refractivity contribution in [2.45, 2.75) is 129 Å². The van der Waals surface area contributed by atoms with Crippen molar-refractivity contribution in [1.29, 1.82) is 0 Å². The minimum absolute atomic E-state index is 0.00141. The van der Waals surface area contributed by atoms with Gasteiger partial charge in [0.05, 0.1) is 72.7 Å². The van der Waals surface area contributed by atoms with Gasteiger partial charge in [0.25, 0.3) is 0 Å². The molecule has 524 valence electrons. The summed E-state index contributed by atoms with van der Waals surface area (Å²) < 4.78 is 10.1. The molecule has 0 saturated heterocycles. The Labute approximate surface area is 603 Å². The first-order valence-electron chi connectivity index (χ1n) is 34.8. The van der Waals surface area contributed by atoms with E-state index in [2.05, 4.69) is 157 Å². The van der Waals surface area contributed by atoms with Gasteiger partial charge in [-0.15, -0.1) is 0 Å². The third-order valence-electron chi connectivity index (χ3n) is 20.7. The Morgan fingerprint density at radius 2 is 0.941 bits per heavy atom. The quantitative estimate of drug-likeness (QED) is 0.0644. The van der Waals surface area contributed by atoms with E-state index >= 15 is 0 Å². The maximum atomic E-state index is 12.0. The normalized spacial score (nSPS) is 16.4. The van der Waals surface area contributed by atoms with Crippen molar-refractivity contribution >= 4 is 76.9 Å². The highest BCUT2D eigenvalue weighted by Crippen LogP contribution is 2.40. The van der Waals surface area contributed by atoms with Gasteiger partial charge in [0.2, 0.25) is 0 Å². The first kappa shape index (κ1) is 71.1. The van der Waals surface area contributed by atoms with E-state index in [1.165, 1.54) is 84.6 Å². The fourth-order valence-corrected chi connectivity index (χ4v) is 16.5. The van der Waals surface area contributed by atoms with E-state index in [9.17, 15) is 30.3 Å². The predicted molar refractivity (Wildman–Crippen MR) is 403 cm³/mol. The van der Waals surface area contributed by atoms with Gasteiger partial charge >= 0.3 is 0 Å². The minimum Gasteiger partial charge on any atom is -0.392 e. The van der Waals surface area contributed by atoms with Crippen LogP contribution in [0.5, 0.6) is 0 Å². The van der Waals surface area contributed by atoms with Gasteiger partial charge in [-0.2, -0.15) is 0 Å². The average Bonchev–Trinajstić information content (AvgIpc) is 1.63. The summed E-state index contributed by atoms with van der Waals surface area (Å²) in [5, 5.41) is 59.1. The highest BCUT2D eigenvalue weighted by molar-refractivity contribution is 9.10. The summed E-state index contributed by atoms with van der Waals surface area (Å²) in [6.07, 6.45) is 14.0.